The number of hydrogen-bond donors (Lipinski definition) is 2. The molecule has 0 fully saturated rings. The van der Waals surface area contributed by atoms with E-state index in [2.05, 4.69) is 15.0 Å². The van der Waals surface area contributed by atoms with Crippen LogP contribution in [0.25, 0.3) is 27.6 Å². The normalized spacial score (nSPS) is 11.2. The third kappa shape index (κ3) is 3.96. The van der Waals surface area contributed by atoms with Crippen LogP contribution >= 0.6 is 11.3 Å². The summed E-state index contributed by atoms with van der Waals surface area (Å²) in [5.41, 5.74) is -3.14. The van der Waals surface area contributed by atoms with Crippen molar-refractivity contribution < 1.29 is 32.5 Å². The fraction of sp³-hybridized carbons (Fsp3) is 0.0870. The molecule has 0 aliphatic carbocycles. The molecule has 0 bridgehead atoms. The number of nitrogens with one attached hydrogen (secondary N) is 1. The zero-order valence-corrected chi connectivity index (χ0v) is 19.4. The second-order valence-electron chi connectivity index (χ2n) is 7.54. The Kier molecular flexibility index (Phi) is 5.87. The number of halogens is 3. The summed E-state index contributed by atoms with van der Waals surface area (Å²) >= 11 is 0.725. The van der Waals surface area contributed by atoms with Gasteiger partial charge in [0.25, 0.3) is 5.56 Å². The number of carbonyl (C=O) groups is 1. The van der Waals surface area contributed by atoms with Crippen molar-refractivity contribution in [3.8, 4) is 17.2 Å². The first-order valence-electron chi connectivity index (χ1n) is 10.3. The zero-order valence-electron chi connectivity index (χ0n) is 18.5. The van der Waals surface area contributed by atoms with Crippen LogP contribution in [0.15, 0.2) is 45.6 Å². The molecule has 5 rings (SSSR count). The minimum atomic E-state index is -1.40. The molecule has 14 heteroatoms. The van der Waals surface area contributed by atoms with Crippen molar-refractivity contribution in [1.82, 2.24) is 19.5 Å². The molecule has 0 aliphatic rings. The summed E-state index contributed by atoms with van der Waals surface area (Å²) in [5, 5.41) is 10.4. The Labute approximate surface area is 207 Å². The Hall–Kier alpha value is -4.72. The van der Waals surface area contributed by atoms with Crippen molar-refractivity contribution in [3.05, 3.63) is 84.7 Å². The number of ether oxygens (including phenoxy) is 2. The van der Waals surface area contributed by atoms with Gasteiger partial charge in [-0.2, -0.15) is 0 Å². The Morgan fingerprint density at radius 2 is 1.78 bits per heavy atom. The van der Waals surface area contributed by atoms with Gasteiger partial charge >= 0.3 is 11.7 Å². The first-order chi connectivity index (χ1) is 17.7. The van der Waals surface area contributed by atoms with Crippen LogP contribution in [-0.4, -0.2) is 37.7 Å². The molecule has 0 saturated carbocycles. The number of aromatic nitrogens is 4. The molecule has 2 aromatic carbocycles. The molecule has 0 spiro atoms. The standard InChI is InChI=1S/C23H13F3N4O6S/c1-35-15-5-11(25)14(30-21(31)17-13(29-23(30)34)8-37-20(17)22(32)33)6-16(15)36-7-9-10(24)4-12(26)19-18(9)27-2-3-28-19/h2-6,8H,7H2,1H3,(H,29,34)(H,32,33). The smallest absolute Gasteiger partial charge is 0.346 e. The van der Waals surface area contributed by atoms with Crippen molar-refractivity contribution in [2.45, 2.75) is 6.61 Å². The first-order valence-corrected chi connectivity index (χ1v) is 11.2. The van der Waals surface area contributed by atoms with Gasteiger partial charge in [-0.3, -0.25) is 9.78 Å². The fourth-order valence-electron chi connectivity index (χ4n) is 3.78. The van der Waals surface area contributed by atoms with Crippen LogP contribution in [0, 0.1) is 17.5 Å². The minimum Gasteiger partial charge on any atom is -0.493 e. The lowest BCUT2D eigenvalue weighted by atomic mass is 10.1. The van der Waals surface area contributed by atoms with E-state index in [1.165, 1.54) is 24.9 Å². The molecular formula is C23H13F3N4O6S. The van der Waals surface area contributed by atoms with Crippen LogP contribution in [0.5, 0.6) is 11.5 Å². The van der Waals surface area contributed by atoms with Crippen LogP contribution in [-0.2, 0) is 6.61 Å². The van der Waals surface area contributed by atoms with Crippen molar-refractivity contribution in [1.29, 1.82) is 0 Å². The van der Waals surface area contributed by atoms with Crippen LogP contribution in [0.4, 0.5) is 13.2 Å². The number of H-pyrrole nitrogens is 1. The van der Waals surface area contributed by atoms with E-state index >= 15 is 4.39 Å². The van der Waals surface area contributed by atoms with Gasteiger partial charge in [0.1, 0.15) is 28.3 Å². The van der Waals surface area contributed by atoms with Gasteiger partial charge < -0.3 is 19.6 Å². The van der Waals surface area contributed by atoms with Gasteiger partial charge in [-0.25, -0.2) is 32.3 Å². The molecule has 3 heterocycles. The summed E-state index contributed by atoms with van der Waals surface area (Å²) in [6, 6.07) is 2.43. The van der Waals surface area contributed by atoms with Gasteiger partial charge in [0.05, 0.1) is 29.3 Å². The number of benzene rings is 2. The van der Waals surface area contributed by atoms with E-state index < -0.39 is 47.0 Å². The maximum absolute atomic E-state index is 15.0. The molecule has 37 heavy (non-hydrogen) atoms. The number of nitrogens with zero attached hydrogens (tertiary/aromatic N) is 3. The van der Waals surface area contributed by atoms with Gasteiger partial charge in [-0.05, 0) is 0 Å². The molecule has 5 aromatic rings. The van der Waals surface area contributed by atoms with Crippen LogP contribution in [0.1, 0.15) is 15.2 Å². The predicted octanol–water partition coefficient (Wildman–Crippen LogP) is 3.39. The Morgan fingerprint density at radius 3 is 2.49 bits per heavy atom. The van der Waals surface area contributed by atoms with E-state index in [4.69, 9.17) is 9.47 Å². The average molecular weight is 530 g/mol. The third-order valence-electron chi connectivity index (χ3n) is 5.44. The number of methoxy groups -OCH3 is 1. The highest BCUT2D eigenvalue weighted by Gasteiger charge is 2.23. The SMILES string of the molecule is COc1cc(F)c(-n2c(=O)[nH]c3csc(C(=O)O)c3c2=O)cc1OCc1c(F)cc(F)c2nccnc12. The molecule has 0 amide bonds. The lowest BCUT2D eigenvalue weighted by Crippen LogP contribution is -2.34. The number of carboxylic acids is 1. The van der Waals surface area contributed by atoms with Crippen LogP contribution in [0.3, 0.4) is 0 Å². The van der Waals surface area contributed by atoms with E-state index in [9.17, 15) is 28.3 Å². The maximum Gasteiger partial charge on any atom is 0.346 e. The summed E-state index contributed by atoms with van der Waals surface area (Å²) in [5.74, 6) is -4.71. The van der Waals surface area contributed by atoms with Gasteiger partial charge in [0.15, 0.2) is 23.1 Å². The number of fused-ring (bicyclic) bond motifs is 2. The average Bonchev–Trinajstić information content (AvgIpc) is 3.29. The number of aromatic amines is 1. The first kappa shape index (κ1) is 24.0. The van der Waals surface area contributed by atoms with E-state index in [1.807, 2.05) is 0 Å². The molecular weight excluding hydrogens is 517 g/mol. The summed E-state index contributed by atoms with van der Waals surface area (Å²) in [6.07, 6.45) is 2.48. The summed E-state index contributed by atoms with van der Waals surface area (Å²) in [6.45, 7) is -0.527. The van der Waals surface area contributed by atoms with Gasteiger partial charge in [0, 0.05) is 36.0 Å². The topological polar surface area (TPSA) is 136 Å². The van der Waals surface area contributed by atoms with Gasteiger partial charge in [0.2, 0.25) is 0 Å². The van der Waals surface area contributed by atoms with E-state index in [1.54, 1.807) is 0 Å². The Balaban J connectivity index is 1.64. The van der Waals surface area contributed by atoms with Crippen LogP contribution < -0.4 is 20.7 Å². The fourth-order valence-corrected chi connectivity index (χ4v) is 4.61. The Bertz CT molecular complexity index is 1850. The summed E-state index contributed by atoms with van der Waals surface area (Å²) in [4.78, 5) is 47.1. The van der Waals surface area contributed by atoms with Crippen molar-refractivity contribution >= 4 is 39.2 Å². The number of hydrogen-bond acceptors (Lipinski definition) is 8. The van der Waals surface area contributed by atoms with Crippen molar-refractivity contribution in [3.63, 3.8) is 0 Å². The third-order valence-corrected chi connectivity index (χ3v) is 6.41. The van der Waals surface area contributed by atoms with Crippen molar-refractivity contribution in [2.75, 3.05) is 7.11 Å². The molecule has 0 saturated heterocycles. The molecule has 188 valence electrons. The second-order valence-corrected chi connectivity index (χ2v) is 8.42. The van der Waals surface area contributed by atoms with E-state index in [0.717, 1.165) is 23.5 Å². The van der Waals surface area contributed by atoms with E-state index in [-0.39, 0.29) is 43.9 Å². The largest absolute Gasteiger partial charge is 0.493 e. The Morgan fingerprint density at radius 1 is 1.05 bits per heavy atom. The predicted molar refractivity (Wildman–Crippen MR) is 125 cm³/mol. The quantitative estimate of drug-likeness (QED) is 0.341. The molecule has 2 N–H and O–H groups in total. The van der Waals surface area contributed by atoms with Gasteiger partial charge in [-0.1, -0.05) is 0 Å². The molecule has 10 nitrogen and oxygen atoms in total. The molecule has 3 aromatic heterocycles. The molecule has 0 radical (unpaired) electrons. The summed E-state index contributed by atoms with van der Waals surface area (Å²) < 4.78 is 54.9. The van der Waals surface area contributed by atoms with Crippen molar-refractivity contribution in [2.24, 2.45) is 0 Å². The minimum absolute atomic E-state index is 0.0150. The van der Waals surface area contributed by atoms with Crippen LogP contribution in [0.2, 0.25) is 0 Å². The number of thiophene rings is 1. The lowest BCUT2D eigenvalue weighted by molar-refractivity contribution is 0.0704. The number of rotatable bonds is 6. The number of aromatic carboxylic acids is 1. The summed E-state index contributed by atoms with van der Waals surface area (Å²) in [7, 11) is 1.20. The molecule has 0 atom stereocenters. The highest BCUT2D eigenvalue weighted by molar-refractivity contribution is 7.13. The lowest BCUT2D eigenvalue weighted by Gasteiger charge is -2.15. The maximum atomic E-state index is 15.0. The molecule has 0 aliphatic heterocycles. The number of carboxylic acid groups (broad SMARTS) is 1. The monoisotopic (exact) mass is 530 g/mol. The highest BCUT2D eigenvalue weighted by Crippen LogP contribution is 2.33. The highest BCUT2D eigenvalue weighted by atomic mass is 32.1. The second kappa shape index (κ2) is 9.05. The van der Waals surface area contributed by atoms with Gasteiger partial charge in [-0.15, -0.1) is 11.3 Å². The zero-order chi connectivity index (χ0) is 26.4. The molecule has 0 unspecified atom stereocenters. The van der Waals surface area contributed by atoms with E-state index in [0.29, 0.717) is 10.6 Å².